The fraction of sp³-hybridized carbons (Fsp3) is 0.235. The van der Waals surface area contributed by atoms with E-state index < -0.39 is 33.3 Å². The van der Waals surface area contributed by atoms with Crippen molar-refractivity contribution < 1.29 is 22.0 Å². The number of benzene rings is 2. The van der Waals surface area contributed by atoms with Gasteiger partial charge in [-0.2, -0.15) is 0 Å². The first kappa shape index (κ1) is 19.8. The minimum Gasteiger partial charge on any atom is -0.351 e. The zero-order valence-corrected chi connectivity index (χ0v) is 15.1. The molecule has 0 heterocycles. The quantitative estimate of drug-likeness (QED) is 0.767. The van der Waals surface area contributed by atoms with Crippen LogP contribution in [-0.2, 0) is 10.0 Å². The van der Waals surface area contributed by atoms with Crippen molar-refractivity contribution in [2.75, 3.05) is 31.9 Å². The normalized spacial score (nSPS) is 11.4. The van der Waals surface area contributed by atoms with Gasteiger partial charge in [-0.15, -0.1) is 0 Å². The average Bonchev–Trinajstić information content (AvgIpc) is 2.58. The summed E-state index contributed by atoms with van der Waals surface area (Å²) in [6, 6.07) is 8.22. The predicted molar refractivity (Wildman–Crippen MR) is 94.5 cm³/mol. The number of anilines is 1. The van der Waals surface area contributed by atoms with Crippen LogP contribution in [0.1, 0.15) is 10.4 Å². The van der Waals surface area contributed by atoms with E-state index in [2.05, 4.69) is 5.32 Å². The number of rotatable bonds is 7. The molecule has 2 rings (SSSR count). The Kier molecular flexibility index (Phi) is 6.27. The summed E-state index contributed by atoms with van der Waals surface area (Å²) in [5.41, 5.74) is -0.644. The van der Waals surface area contributed by atoms with Crippen molar-refractivity contribution >= 4 is 21.6 Å². The van der Waals surface area contributed by atoms with Crippen LogP contribution in [-0.4, -0.2) is 46.4 Å². The highest BCUT2D eigenvalue weighted by molar-refractivity contribution is 7.92. The molecule has 0 spiro atoms. The maximum atomic E-state index is 13.7. The number of carbonyl (C=O) groups excluding carboxylic acids is 1. The van der Waals surface area contributed by atoms with E-state index in [1.54, 1.807) is 0 Å². The summed E-state index contributed by atoms with van der Waals surface area (Å²) in [7, 11) is -0.558. The molecule has 0 fully saturated rings. The summed E-state index contributed by atoms with van der Waals surface area (Å²) in [4.78, 5) is 13.7. The molecule has 0 aliphatic rings. The lowest BCUT2D eigenvalue weighted by molar-refractivity contribution is 0.0951. The van der Waals surface area contributed by atoms with E-state index in [0.29, 0.717) is 13.1 Å². The van der Waals surface area contributed by atoms with Gasteiger partial charge in [0.1, 0.15) is 17.3 Å². The lowest BCUT2D eigenvalue weighted by atomic mass is 10.2. The highest BCUT2D eigenvalue weighted by Gasteiger charge is 2.20. The van der Waals surface area contributed by atoms with Gasteiger partial charge in [0.05, 0.1) is 4.90 Å². The molecule has 0 unspecified atom stereocenters. The van der Waals surface area contributed by atoms with E-state index in [0.717, 1.165) is 24.3 Å². The van der Waals surface area contributed by atoms with Gasteiger partial charge in [0.25, 0.3) is 15.9 Å². The zero-order chi connectivity index (χ0) is 19.3. The summed E-state index contributed by atoms with van der Waals surface area (Å²) in [6.07, 6.45) is 0. The minimum atomic E-state index is -4.27. The molecule has 0 saturated heterocycles. The first-order valence-corrected chi connectivity index (χ1v) is 9.19. The Hall–Kier alpha value is -2.52. The van der Waals surface area contributed by atoms with Gasteiger partial charge < -0.3 is 10.2 Å². The molecule has 0 saturated carbocycles. The van der Waals surface area contributed by atoms with Crippen LogP contribution < -0.4 is 10.0 Å². The minimum absolute atomic E-state index is 0.126. The third-order valence-corrected chi connectivity index (χ3v) is 4.80. The number of likely N-dealkylation sites (N-methyl/N-ethyl adjacent to an activating group) is 1. The Morgan fingerprint density at radius 1 is 1.08 bits per heavy atom. The van der Waals surface area contributed by atoms with Crippen molar-refractivity contribution in [3.63, 3.8) is 0 Å². The van der Waals surface area contributed by atoms with Gasteiger partial charge in [0.15, 0.2) is 0 Å². The SMILES string of the molecule is CN(C)CCNC(=O)c1cccc(S(=O)(=O)Nc2c(F)cccc2F)c1. The van der Waals surface area contributed by atoms with E-state index >= 15 is 0 Å². The fourth-order valence-electron chi connectivity index (χ4n) is 2.09. The van der Waals surface area contributed by atoms with Gasteiger partial charge >= 0.3 is 0 Å². The molecule has 0 aromatic heterocycles. The molecule has 0 bridgehead atoms. The zero-order valence-electron chi connectivity index (χ0n) is 14.3. The molecule has 6 nitrogen and oxygen atoms in total. The molecular weight excluding hydrogens is 364 g/mol. The number of nitrogens with one attached hydrogen (secondary N) is 2. The van der Waals surface area contributed by atoms with E-state index in [4.69, 9.17) is 0 Å². The molecule has 2 aromatic carbocycles. The number of carbonyl (C=O) groups is 1. The number of nitrogens with zero attached hydrogens (tertiary/aromatic N) is 1. The standard InChI is InChI=1S/C17H19F2N3O3S/c1-22(2)10-9-20-17(23)12-5-3-6-13(11-12)26(24,25)21-16-14(18)7-4-8-15(16)19/h3-8,11,21H,9-10H2,1-2H3,(H,20,23). The van der Waals surface area contributed by atoms with Crippen LogP contribution in [0, 0.1) is 11.6 Å². The molecule has 9 heteroatoms. The third kappa shape index (κ3) is 4.99. The van der Waals surface area contributed by atoms with Gasteiger partial charge in [-0.05, 0) is 44.4 Å². The lowest BCUT2D eigenvalue weighted by Gasteiger charge is -2.12. The second kappa shape index (κ2) is 8.24. The number of halogens is 2. The van der Waals surface area contributed by atoms with Crippen LogP contribution in [0.4, 0.5) is 14.5 Å². The summed E-state index contributed by atoms with van der Waals surface area (Å²) in [5, 5.41) is 2.66. The van der Waals surface area contributed by atoms with Crippen molar-refractivity contribution in [3.8, 4) is 0 Å². The monoisotopic (exact) mass is 383 g/mol. The predicted octanol–water partition coefficient (Wildman–Crippen LogP) is 2.06. The highest BCUT2D eigenvalue weighted by Crippen LogP contribution is 2.22. The summed E-state index contributed by atoms with van der Waals surface area (Å²) < 4.78 is 54.0. The van der Waals surface area contributed by atoms with Crippen molar-refractivity contribution in [3.05, 3.63) is 59.7 Å². The van der Waals surface area contributed by atoms with Crippen molar-refractivity contribution in [1.29, 1.82) is 0 Å². The number of amides is 1. The second-order valence-electron chi connectivity index (χ2n) is 5.79. The van der Waals surface area contributed by atoms with Crippen molar-refractivity contribution in [2.24, 2.45) is 0 Å². The number of hydrogen-bond donors (Lipinski definition) is 2. The van der Waals surface area contributed by atoms with Gasteiger partial charge in [0, 0.05) is 18.7 Å². The molecule has 2 aromatic rings. The Balaban J connectivity index is 2.21. The largest absolute Gasteiger partial charge is 0.351 e. The molecule has 140 valence electrons. The topological polar surface area (TPSA) is 78.5 Å². The Morgan fingerprint density at radius 2 is 1.69 bits per heavy atom. The molecule has 1 amide bonds. The third-order valence-electron chi connectivity index (χ3n) is 3.45. The molecule has 0 atom stereocenters. The molecular formula is C17H19F2N3O3S. The van der Waals surface area contributed by atoms with Crippen LogP contribution in [0.25, 0.3) is 0 Å². The lowest BCUT2D eigenvalue weighted by Crippen LogP contribution is -2.31. The first-order valence-electron chi connectivity index (χ1n) is 7.70. The van der Waals surface area contributed by atoms with E-state index in [1.165, 1.54) is 18.2 Å². The van der Waals surface area contributed by atoms with E-state index in [1.807, 2.05) is 23.7 Å². The maximum Gasteiger partial charge on any atom is 0.262 e. The summed E-state index contributed by atoms with van der Waals surface area (Å²) in [5.74, 6) is -2.52. The smallest absolute Gasteiger partial charge is 0.262 e. The van der Waals surface area contributed by atoms with E-state index in [-0.39, 0.29) is 10.5 Å². The Labute approximate surface area is 150 Å². The van der Waals surface area contributed by atoms with Crippen LogP contribution in [0.5, 0.6) is 0 Å². The van der Waals surface area contributed by atoms with Crippen molar-refractivity contribution in [1.82, 2.24) is 10.2 Å². The first-order chi connectivity index (χ1) is 12.2. The van der Waals surface area contributed by atoms with Crippen LogP contribution >= 0.6 is 0 Å². The van der Waals surface area contributed by atoms with Gasteiger partial charge in [0.2, 0.25) is 0 Å². The summed E-state index contributed by atoms with van der Waals surface area (Å²) >= 11 is 0. The maximum absolute atomic E-state index is 13.7. The molecule has 26 heavy (non-hydrogen) atoms. The van der Waals surface area contributed by atoms with Crippen LogP contribution in [0.3, 0.4) is 0 Å². The van der Waals surface area contributed by atoms with Gasteiger partial charge in [-0.3, -0.25) is 9.52 Å². The van der Waals surface area contributed by atoms with Crippen LogP contribution in [0.2, 0.25) is 0 Å². The van der Waals surface area contributed by atoms with Gasteiger partial charge in [-0.25, -0.2) is 17.2 Å². The van der Waals surface area contributed by atoms with Crippen LogP contribution in [0.15, 0.2) is 47.4 Å². The number of hydrogen-bond acceptors (Lipinski definition) is 4. The Morgan fingerprint density at radius 3 is 2.31 bits per heavy atom. The molecule has 0 aliphatic carbocycles. The molecule has 2 N–H and O–H groups in total. The number of para-hydroxylation sites is 1. The number of sulfonamides is 1. The highest BCUT2D eigenvalue weighted by atomic mass is 32.2. The van der Waals surface area contributed by atoms with E-state index in [9.17, 15) is 22.0 Å². The van der Waals surface area contributed by atoms with Gasteiger partial charge in [-0.1, -0.05) is 12.1 Å². The molecule has 0 radical (unpaired) electrons. The fourth-order valence-corrected chi connectivity index (χ4v) is 3.21. The second-order valence-corrected chi connectivity index (χ2v) is 7.47. The van der Waals surface area contributed by atoms with Crippen molar-refractivity contribution in [2.45, 2.75) is 4.90 Å². The summed E-state index contributed by atoms with van der Waals surface area (Å²) in [6.45, 7) is 1.01. The Bertz CT molecular complexity index is 882. The average molecular weight is 383 g/mol. The molecule has 0 aliphatic heterocycles.